The van der Waals surface area contributed by atoms with E-state index >= 15 is 14.4 Å². The first kappa shape index (κ1) is 55.9. The van der Waals surface area contributed by atoms with Gasteiger partial charge in [-0.3, -0.25) is 19.3 Å². The molecule has 0 bridgehead atoms. The van der Waals surface area contributed by atoms with Gasteiger partial charge in [0, 0.05) is 40.9 Å². The van der Waals surface area contributed by atoms with Crippen molar-refractivity contribution in [1.29, 1.82) is 0 Å². The molecule has 2 fully saturated rings. The average molecular weight is 1160 g/mol. The number of ether oxygens (including phenoxy) is 2. The van der Waals surface area contributed by atoms with Crippen molar-refractivity contribution in [3.8, 4) is 0 Å². The summed E-state index contributed by atoms with van der Waals surface area (Å²) in [5.74, 6) is -1.96. The Kier molecular flexibility index (Phi) is 16.5. The van der Waals surface area contributed by atoms with Gasteiger partial charge in [0.15, 0.2) is 28.2 Å². The summed E-state index contributed by atoms with van der Waals surface area (Å²) in [5.41, 5.74) is 2.65. The summed E-state index contributed by atoms with van der Waals surface area (Å²) in [7, 11) is 0. The van der Waals surface area contributed by atoms with Crippen molar-refractivity contribution in [3.05, 3.63) is 310 Å². The Labute approximate surface area is 502 Å². The van der Waals surface area contributed by atoms with Crippen LogP contribution in [0.1, 0.15) is 75.6 Å². The van der Waals surface area contributed by atoms with E-state index in [2.05, 4.69) is 51.9 Å². The Hall–Kier alpha value is -9.57. The quantitative estimate of drug-likeness (QED) is 0.0177. The number of likely N-dealkylation sites (tertiary alicyclic amines) is 1. The number of oxime groups is 1. The topological polar surface area (TPSA) is 152 Å². The second kappa shape index (κ2) is 25.1. The highest BCUT2D eigenvalue weighted by Crippen LogP contribution is 2.49. The van der Waals surface area contributed by atoms with Gasteiger partial charge in [-0.1, -0.05) is 248 Å². The number of benzene rings is 8. The summed E-state index contributed by atoms with van der Waals surface area (Å²) >= 11 is 2.63. The van der Waals surface area contributed by atoms with Gasteiger partial charge in [0.25, 0.3) is 18.3 Å². The first-order valence-electron chi connectivity index (χ1n) is 28.3. The molecular formula is C70H60N6O7S2. The Morgan fingerprint density at radius 3 is 1.54 bits per heavy atom. The predicted molar refractivity (Wildman–Crippen MR) is 331 cm³/mol. The highest BCUT2D eigenvalue weighted by Gasteiger charge is 2.67. The van der Waals surface area contributed by atoms with Crippen LogP contribution in [0.15, 0.2) is 265 Å². The lowest BCUT2D eigenvalue weighted by molar-refractivity contribution is -0.166. The number of nitrogens with zero attached hydrogens (tertiary/aromatic N) is 4. The van der Waals surface area contributed by atoms with Crippen LogP contribution in [-0.2, 0) is 44.6 Å². The number of hydrogen-bond acceptors (Lipinski definition) is 13. The molecule has 0 saturated carbocycles. The molecule has 2 atom stereocenters. The van der Waals surface area contributed by atoms with Crippen LogP contribution in [0.3, 0.4) is 0 Å². The van der Waals surface area contributed by atoms with Crippen LogP contribution in [0.4, 0.5) is 5.13 Å². The third-order valence-corrected chi connectivity index (χ3v) is 18.0. The molecule has 1 unspecified atom stereocenters. The third-order valence-electron chi connectivity index (χ3n) is 15.9. The minimum Gasteiger partial charge on any atom is -0.465 e. The normalized spacial score (nSPS) is 17.1. The van der Waals surface area contributed by atoms with E-state index in [9.17, 15) is 4.79 Å². The van der Waals surface area contributed by atoms with Crippen molar-refractivity contribution in [3.63, 3.8) is 0 Å². The third kappa shape index (κ3) is 10.9. The maximum atomic E-state index is 16.0. The smallest absolute Gasteiger partial charge is 0.357 e. The maximum Gasteiger partial charge on any atom is 0.357 e. The minimum atomic E-state index is -1.92. The molecule has 13 nitrogen and oxygen atoms in total. The maximum absolute atomic E-state index is 16.0. The standard InChI is InChI=1S/C70H60N6O7S2/c77-49-81-48-68(65(80)76-61(59(47-84-66(68)76)75-44-26-9-27-45-75)64(79)82-62(50-28-10-1-11-29-50)51-30-12-2-13-31-51)72-63(78)60(74-83-70(55-38-20-6-21-39-55,56-40-22-7-23-41-56)57-42-24-8-25-43-57)58-46-85-67(71-58)73-69(52-32-14-3-15-33-52,53-34-16-4-17-35-53)54-36-18-5-19-37-54/h1-8,10-25,28-43,46,49,62,66H,9,26-27,44-45,47-48H2,(H,71,73)(H,72,78)/b74-60-/t66-,68?/m0/s1. The second-order valence-corrected chi connectivity index (χ2v) is 22.9. The fourth-order valence-electron chi connectivity index (χ4n) is 11.8. The predicted octanol–water partition coefficient (Wildman–Crippen LogP) is 12.2. The number of nitrogens with one attached hydrogen (secondary N) is 2. The number of hydrogen-bond donors (Lipinski definition) is 2. The largest absolute Gasteiger partial charge is 0.465 e. The Balaban J connectivity index is 0.976. The molecule has 2 amide bonds. The number of esters is 1. The Morgan fingerprint density at radius 1 is 0.635 bits per heavy atom. The molecule has 2 saturated heterocycles. The molecule has 0 aliphatic carbocycles. The molecule has 12 rings (SSSR count). The summed E-state index contributed by atoms with van der Waals surface area (Å²) in [6, 6.07) is 78.1. The number of β-lactam (4-membered cyclic amide) rings is 1. The van der Waals surface area contributed by atoms with Crippen molar-refractivity contribution in [1.82, 2.24) is 20.1 Å². The number of rotatable bonds is 21. The lowest BCUT2D eigenvalue weighted by atomic mass is 9.77. The number of amides is 2. The molecule has 1 aromatic heterocycles. The zero-order valence-electron chi connectivity index (χ0n) is 46.3. The highest BCUT2D eigenvalue weighted by molar-refractivity contribution is 8.00. The molecule has 4 heterocycles. The van der Waals surface area contributed by atoms with Gasteiger partial charge >= 0.3 is 5.97 Å². The van der Waals surface area contributed by atoms with Crippen LogP contribution in [0.5, 0.6) is 0 Å². The summed E-state index contributed by atoms with van der Waals surface area (Å²) in [6.07, 6.45) is 2.02. The molecular weight excluding hydrogens is 1100 g/mol. The van der Waals surface area contributed by atoms with Crippen LogP contribution < -0.4 is 10.6 Å². The Bertz CT molecular complexity index is 3590. The summed E-state index contributed by atoms with van der Waals surface area (Å²) in [5, 5.41) is 13.0. The van der Waals surface area contributed by atoms with Crippen molar-refractivity contribution >= 4 is 58.2 Å². The van der Waals surface area contributed by atoms with Gasteiger partial charge < -0.3 is 29.8 Å². The van der Waals surface area contributed by atoms with Crippen molar-refractivity contribution in [2.75, 3.05) is 30.8 Å². The van der Waals surface area contributed by atoms with E-state index < -0.39 is 52.5 Å². The highest BCUT2D eigenvalue weighted by atomic mass is 32.2. The summed E-state index contributed by atoms with van der Waals surface area (Å²) in [6.45, 7) is 1.04. The van der Waals surface area contributed by atoms with E-state index in [0.717, 1.165) is 47.1 Å². The van der Waals surface area contributed by atoms with Gasteiger partial charge in [0.05, 0.1) is 5.70 Å². The second-order valence-electron chi connectivity index (χ2n) is 20.9. The van der Waals surface area contributed by atoms with E-state index in [1.54, 1.807) is 5.38 Å². The minimum absolute atomic E-state index is 0.0769. The van der Waals surface area contributed by atoms with Gasteiger partial charge in [-0.2, -0.15) is 0 Å². The van der Waals surface area contributed by atoms with Crippen LogP contribution in [0.25, 0.3) is 0 Å². The average Bonchev–Trinajstić information content (AvgIpc) is 3.70. The fraction of sp³-hybridized carbons (Fsp3) is 0.171. The van der Waals surface area contributed by atoms with Gasteiger partial charge in [-0.05, 0) is 47.1 Å². The van der Waals surface area contributed by atoms with Crippen LogP contribution in [0.2, 0.25) is 0 Å². The van der Waals surface area contributed by atoms with Gasteiger partial charge in [0.2, 0.25) is 5.60 Å². The number of piperidine rings is 1. The fourth-order valence-corrected chi connectivity index (χ4v) is 14.1. The summed E-state index contributed by atoms with van der Waals surface area (Å²) < 4.78 is 12.1. The number of aromatic nitrogens is 1. The van der Waals surface area contributed by atoms with E-state index in [0.29, 0.717) is 40.6 Å². The van der Waals surface area contributed by atoms with Gasteiger partial charge in [-0.25, -0.2) is 9.78 Å². The van der Waals surface area contributed by atoms with E-state index in [1.807, 2.05) is 206 Å². The lowest BCUT2D eigenvalue weighted by Gasteiger charge is -2.57. The first-order valence-corrected chi connectivity index (χ1v) is 30.2. The molecule has 15 heteroatoms. The number of thiazole rings is 1. The number of anilines is 1. The van der Waals surface area contributed by atoms with Crippen molar-refractivity contribution in [2.24, 2.45) is 5.16 Å². The monoisotopic (exact) mass is 1160 g/mol. The number of fused-ring (bicyclic) bond motifs is 1. The Morgan fingerprint density at radius 2 is 1.08 bits per heavy atom. The molecule has 3 aliphatic rings. The van der Waals surface area contributed by atoms with E-state index in [1.165, 1.54) is 28.0 Å². The molecule has 2 N–H and O–H groups in total. The zero-order valence-corrected chi connectivity index (χ0v) is 47.9. The molecule has 3 aliphatic heterocycles. The van der Waals surface area contributed by atoms with Crippen molar-refractivity contribution < 1.29 is 33.5 Å². The number of carbonyl (C=O) groups is 4. The zero-order chi connectivity index (χ0) is 58.1. The van der Waals surface area contributed by atoms with Gasteiger partial charge in [0.1, 0.15) is 23.2 Å². The molecule has 9 aromatic rings. The lowest BCUT2D eigenvalue weighted by Crippen LogP contribution is -2.82. The number of thioether (sulfide) groups is 1. The van der Waals surface area contributed by atoms with Crippen molar-refractivity contribution in [2.45, 2.75) is 47.4 Å². The van der Waals surface area contributed by atoms with Gasteiger partial charge in [-0.15, -0.1) is 23.1 Å². The van der Waals surface area contributed by atoms with Crippen LogP contribution in [0, 0.1) is 0 Å². The SMILES string of the molecule is O=COCC1(NC(=O)/C(=N\OC(c2ccccc2)(c2ccccc2)c2ccccc2)c2csc(NC(c3ccccc3)(c3ccccc3)c3ccccc3)n2)C(=O)N2C(C(=O)OC(c3ccccc3)c3ccccc3)=C(N3CCCCC3)CS[C@H]21. The molecule has 85 heavy (non-hydrogen) atoms. The number of carbonyl (C=O) groups excluding carboxylic acids is 4. The van der Waals surface area contributed by atoms with E-state index in [4.69, 9.17) is 24.5 Å². The van der Waals surface area contributed by atoms with Crippen LogP contribution in [-0.4, -0.2) is 81.1 Å². The molecule has 424 valence electrons. The first-order chi connectivity index (χ1) is 41.8. The molecule has 0 radical (unpaired) electrons. The molecule has 0 spiro atoms. The summed E-state index contributed by atoms with van der Waals surface area (Å²) in [4.78, 5) is 75.1. The van der Waals surface area contributed by atoms with E-state index in [-0.39, 0.29) is 29.3 Å². The molecule has 8 aromatic carbocycles. The van der Waals surface area contributed by atoms with Crippen LogP contribution >= 0.6 is 23.1 Å².